The average Bonchev–Trinajstić information content (AvgIpc) is 3.32. The fourth-order valence-corrected chi connectivity index (χ4v) is 7.15. The van der Waals surface area contributed by atoms with Crippen LogP contribution in [-0.2, 0) is 30.4 Å². The third-order valence-electron chi connectivity index (χ3n) is 5.87. The minimum absolute atomic E-state index is 0.138. The fourth-order valence-electron chi connectivity index (χ4n) is 4.02. The van der Waals surface area contributed by atoms with Gasteiger partial charge in [-0.05, 0) is 49.2 Å². The molecule has 0 saturated carbocycles. The molecule has 0 bridgehead atoms. The van der Waals surface area contributed by atoms with Gasteiger partial charge < -0.3 is 14.1 Å². The van der Waals surface area contributed by atoms with E-state index in [4.69, 9.17) is 9.15 Å². The Balaban J connectivity index is 1.37. The zero-order chi connectivity index (χ0) is 22.8. The summed E-state index contributed by atoms with van der Waals surface area (Å²) >= 11 is 0. The Morgan fingerprint density at radius 1 is 0.938 bits per heavy atom. The van der Waals surface area contributed by atoms with Crippen LogP contribution in [0.15, 0.2) is 52.0 Å². The number of benzene rings is 1. The zero-order valence-corrected chi connectivity index (χ0v) is 19.2. The van der Waals surface area contributed by atoms with Crippen molar-refractivity contribution in [3.63, 3.8) is 0 Å². The molecule has 2 saturated heterocycles. The summed E-state index contributed by atoms with van der Waals surface area (Å²) in [6, 6.07) is 9.20. The number of carbonyl (C=O) groups excluding carboxylic acids is 1. The molecule has 2 fully saturated rings. The van der Waals surface area contributed by atoms with Gasteiger partial charge in [0.25, 0.3) is 5.91 Å². The van der Waals surface area contributed by atoms with Gasteiger partial charge in [-0.25, -0.2) is 16.8 Å². The van der Waals surface area contributed by atoms with Crippen LogP contribution in [0.5, 0.6) is 0 Å². The average molecular weight is 483 g/mol. The number of likely N-dealkylation sites (tertiary alicyclic amines) is 1. The smallest absolute Gasteiger partial charge is 0.253 e. The highest BCUT2D eigenvalue weighted by Gasteiger charge is 2.33. The topological polar surface area (TPSA) is 114 Å². The first-order chi connectivity index (χ1) is 15.3. The minimum atomic E-state index is -3.62. The van der Waals surface area contributed by atoms with E-state index < -0.39 is 25.1 Å². The molecule has 0 N–H and O–H groups in total. The van der Waals surface area contributed by atoms with Gasteiger partial charge in [-0.15, -0.1) is 0 Å². The molecule has 1 amide bonds. The SMILES string of the molecule is O=C(c1ccc(S(=O)(=O)N2CCOCC2)cc1)N1CCC(S(=O)(=O)Cc2ccco2)CC1. The van der Waals surface area contributed by atoms with Crippen LogP contribution in [0.4, 0.5) is 0 Å². The maximum atomic E-state index is 12.9. The molecule has 9 nitrogen and oxygen atoms in total. The number of piperidine rings is 1. The van der Waals surface area contributed by atoms with Gasteiger partial charge in [0.2, 0.25) is 10.0 Å². The molecule has 3 heterocycles. The number of sulfone groups is 1. The maximum absolute atomic E-state index is 12.9. The molecule has 2 aliphatic rings. The highest BCUT2D eigenvalue weighted by Crippen LogP contribution is 2.24. The van der Waals surface area contributed by atoms with Gasteiger partial charge in [-0.2, -0.15) is 4.31 Å². The Labute approximate surface area is 187 Å². The summed E-state index contributed by atoms with van der Waals surface area (Å²) in [7, 11) is -6.99. The molecule has 1 aromatic heterocycles. The largest absolute Gasteiger partial charge is 0.468 e. The number of nitrogens with zero attached hydrogens (tertiary/aromatic N) is 2. The molecule has 2 aliphatic heterocycles. The summed E-state index contributed by atoms with van der Waals surface area (Å²) in [6.45, 7) is 2.00. The Kier molecular flexibility index (Phi) is 6.70. The quantitative estimate of drug-likeness (QED) is 0.613. The highest BCUT2D eigenvalue weighted by atomic mass is 32.2. The highest BCUT2D eigenvalue weighted by molar-refractivity contribution is 7.91. The van der Waals surface area contributed by atoms with Crippen LogP contribution in [0.3, 0.4) is 0 Å². The van der Waals surface area contributed by atoms with Gasteiger partial charge in [0.1, 0.15) is 11.5 Å². The van der Waals surface area contributed by atoms with Crippen molar-refractivity contribution in [2.45, 2.75) is 28.7 Å². The van der Waals surface area contributed by atoms with Crippen molar-refractivity contribution in [2.75, 3.05) is 39.4 Å². The van der Waals surface area contributed by atoms with Crippen LogP contribution in [0.25, 0.3) is 0 Å². The lowest BCUT2D eigenvalue weighted by atomic mass is 10.1. The normalized spacial score (nSPS) is 19.2. The number of morpholine rings is 1. The van der Waals surface area contributed by atoms with Gasteiger partial charge in [0.15, 0.2) is 9.84 Å². The van der Waals surface area contributed by atoms with Crippen LogP contribution in [0.2, 0.25) is 0 Å². The standard InChI is InChI=1S/C21H26N2O7S2/c24-21(17-3-5-20(6-4-17)32(27,28)23-11-14-29-15-12-23)22-9-7-19(8-10-22)31(25,26)16-18-2-1-13-30-18/h1-6,13,19H,7-12,14-16H2. The monoisotopic (exact) mass is 482 g/mol. The fraction of sp³-hybridized carbons (Fsp3) is 0.476. The first-order valence-corrected chi connectivity index (χ1v) is 13.6. The van der Waals surface area contributed by atoms with Crippen LogP contribution >= 0.6 is 0 Å². The van der Waals surface area contributed by atoms with Gasteiger partial charge >= 0.3 is 0 Å². The lowest BCUT2D eigenvalue weighted by molar-refractivity contribution is 0.0725. The lowest BCUT2D eigenvalue weighted by Crippen LogP contribution is -2.42. The van der Waals surface area contributed by atoms with E-state index in [-0.39, 0.29) is 16.6 Å². The van der Waals surface area contributed by atoms with Crippen molar-refractivity contribution < 1.29 is 30.8 Å². The van der Waals surface area contributed by atoms with E-state index in [1.165, 1.54) is 34.8 Å². The molecule has 32 heavy (non-hydrogen) atoms. The van der Waals surface area contributed by atoms with Gasteiger partial charge in [0.05, 0.1) is 29.6 Å². The molecule has 1 aromatic carbocycles. The number of sulfonamides is 1. The number of hydrogen-bond donors (Lipinski definition) is 0. The molecule has 2 aromatic rings. The predicted molar refractivity (Wildman–Crippen MR) is 116 cm³/mol. The lowest BCUT2D eigenvalue weighted by Gasteiger charge is -2.31. The molecular formula is C21H26N2O7S2. The molecule has 0 unspecified atom stereocenters. The molecule has 0 radical (unpaired) electrons. The second-order valence-corrected chi connectivity index (χ2v) is 12.1. The Morgan fingerprint density at radius 2 is 1.59 bits per heavy atom. The second kappa shape index (κ2) is 9.34. The number of furan rings is 1. The molecular weight excluding hydrogens is 456 g/mol. The van der Waals surface area contributed by atoms with E-state index >= 15 is 0 Å². The van der Waals surface area contributed by atoms with E-state index in [2.05, 4.69) is 0 Å². The minimum Gasteiger partial charge on any atom is -0.468 e. The Bertz CT molecular complexity index is 1130. The predicted octanol–water partition coefficient (Wildman–Crippen LogP) is 1.52. The first-order valence-electron chi connectivity index (χ1n) is 10.5. The third-order valence-corrected chi connectivity index (χ3v) is 9.96. The summed E-state index contributed by atoms with van der Waals surface area (Å²) in [5, 5.41) is -0.516. The summed E-state index contributed by atoms with van der Waals surface area (Å²) in [6.07, 6.45) is 2.17. The molecule has 0 atom stereocenters. The zero-order valence-electron chi connectivity index (χ0n) is 17.6. The van der Waals surface area contributed by atoms with Gasteiger partial charge in [0, 0.05) is 31.7 Å². The van der Waals surface area contributed by atoms with Crippen molar-refractivity contribution in [1.82, 2.24) is 9.21 Å². The summed E-state index contributed by atoms with van der Waals surface area (Å²) in [5.41, 5.74) is 0.378. The number of hydrogen-bond acceptors (Lipinski definition) is 7. The third kappa shape index (κ3) is 4.90. The molecule has 11 heteroatoms. The van der Waals surface area contributed by atoms with Crippen molar-refractivity contribution in [3.05, 3.63) is 54.0 Å². The maximum Gasteiger partial charge on any atom is 0.253 e. The Morgan fingerprint density at radius 3 is 2.19 bits per heavy atom. The van der Waals surface area contributed by atoms with Crippen LogP contribution < -0.4 is 0 Å². The van der Waals surface area contributed by atoms with E-state index in [9.17, 15) is 21.6 Å². The van der Waals surface area contributed by atoms with E-state index in [1.807, 2.05) is 0 Å². The van der Waals surface area contributed by atoms with Crippen LogP contribution in [-0.4, -0.2) is 76.6 Å². The molecule has 174 valence electrons. The summed E-state index contributed by atoms with van der Waals surface area (Å²) < 4.78 is 62.4. The molecule has 0 aliphatic carbocycles. The van der Waals surface area contributed by atoms with E-state index in [0.717, 1.165) is 0 Å². The number of ether oxygens (including phenoxy) is 1. The Hall–Kier alpha value is -2.21. The van der Waals surface area contributed by atoms with Crippen molar-refractivity contribution in [2.24, 2.45) is 0 Å². The first kappa shape index (κ1) is 23.0. The number of rotatable bonds is 6. The van der Waals surface area contributed by atoms with Crippen LogP contribution in [0.1, 0.15) is 29.0 Å². The molecule has 4 rings (SSSR count). The summed E-state index contributed by atoms with van der Waals surface area (Å²) in [5.74, 6) is 0.0374. The van der Waals surface area contributed by atoms with E-state index in [1.54, 1.807) is 17.0 Å². The van der Waals surface area contributed by atoms with Crippen molar-refractivity contribution in [1.29, 1.82) is 0 Å². The van der Waals surface area contributed by atoms with Gasteiger partial charge in [-0.3, -0.25) is 4.79 Å². The number of carbonyl (C=O) groups is 1. The molecule has 0 spiro atoms. The van der Waals surface area contributed by atoms with Crippen molar-refractivity contribution in [3.8, 4) is 0 Å². The van der Waals surface area contributed by atoms with Gasteiger partial charge in [-0.1, -0.05) is 0 Å². The number of amides is 1. The van der Waals surface area contributed by atoms with Crippen molar-refractivity contribution >= 4 is 25.8 Å². The summed E-state index contributed by atoms with van der Waals surface area (Å²) in [4.78, 5) is 14.6. The van der Waals surface area contributed by atoms with Crippen LogP contribution in [0, 0.1) is 0 Å². The second-order valence-electron chi connectivity index (χ2n) is 7.92. The van der Waals surface area contributed by atoms with E-state index in [0.29, 0.717) is 63.6 Å².